The molecule has 1 amide bonds. The summed E-state index contributed by atoms with van der Waals surface area (Å²) in [6.45, 7) is 7.88. The first-order valence-corrected chi connectivity index (χ1v) is 8.59. The molecule has 0 radical (unpaired) electrons. The van der Waals surface area contributed by atoms with Crippen molar-refractivity contribution in [3.63, 3.8) is 0 Å². The lowest BCUT2D eigenvalue weighted by atomic mass is 9.78. The standard InChI is InChI=1S/C19H27FN2O2/c1-13-8-14(2)10-15(9-13)4-3-7-21-12-16-5-6-17(18(20)11-16)19(23)22-24/h5-6,11,14-15,21,24H,1,3-4,7-10,12H2,2H3,(H,22,23). The third-order valence-corrected chi connectivity index (χ3v) is 4.62. The topological polar surface area (TPSA) is 61.4 Å². The average molecular weight is 334 g/mol. The SMILES string of the molecule is C=C1CC(C)CC(CCCNCc2ccc(C(=O)NO)c(F)c2)C1. The third-order valence-electron chi connectivity index (χ3n) is 4.62. The fraction of sp³-hybridized carbons (Fsp3) is 0.526. The normalized spacial score (nSPS) is 20.9. The van der Waals surface area contributed by atoms with E-state index in [1.165, 1.54) is 42.4 Å². The molecule has 1 aromatic rings. The van der Waals surface area contributed by atoms with Gasteiger partial charge in [-0.05, 0) is 68.2 Å². The molecule has 1 aliphatic rings. The molecule has 0 bridgehead atoms. The second-order valence-electron chi connectivity index (χ2n) is 6.94. The number of amides is 1. The Bertz CT molecular complexity index is 589. The molecule has 4 nitrogen and oxygen atoms in total. The molecule has 0 heterocycles. The van der Waals surface area contributed by atoms with Gasteiger partial charge >= 0.3 is 0 Å². The monoisotopic (exact) mass is 334 g/mol. The highest BCUT2D eigenvalue weighted by molar-refractivity contribution is 5.93. The van der Waals surface area contributed by atoms with Crippen LogP contribution in [0.15, 0.2) is 30.4 Å². The largest absolute Gasteiger partial charge is 0.313 e. The van der Waals surface area contributed by atoms with E-state index in [0.717, 1.165) is 36.8 Å². The van der Waals surface area contributed by atoms with E-state index < -0.39 is 11.7 Å². The summed E-state index contributed by atoms with van der Waals surface area (Å²) in [6.07, 6.45) is 5.91. The van der Waals surface area contributed by atoms with Crippen LogP contribution in [0.5, 0.6) is 0 Å². The molecule has 2 rings (SSSR count). The van der Waals surface area contributed by atoms with Crippen molar-refractivity contribution >= 4 is 5.91 Å². The Morgan fingerprint density at radius 2 is 2.21 bits per heavy atom. The van der Waals surface area contributed by atoms with Gasteiger partial charge in [0.25, 0.3) is 5.91 Å². The van der Waals surface area contributed by atoms with E-state index in [4.69, 9.17) is 5.21 Å². The van der Waals surface area contributed by atoms with Gasteiger partial charge in [0.05, 0.1) is 5.56 Å². The van der Waals surface area contributed by atoms with Crippen molar-refractivity contribution in [2.75, 3.05) is 6.54 Å². The van der Waals surface area contributed by atoms with E-state index in [-0.39, 0.29) is 5.56 Å². The lowest BCUT2D eigenvalue weighted by Gasteiger charge is -2.28. The molecule has 1 aromatic carbocycles. The van der Waals surface area contributed by atoms with E-state index in [1.54, 1.807) is 6.07 Å². The van der Waals surface area contributed by atoms with E-state index in [1.807, 2.05) is 0 Å². The van der Waals surface area contributed by atoms with E-state index in [2.05, 4.69) is 18.8 Å². The number of hydrogen-bond acceptors (Lipinski definition) is 3. The zero-order chi connectivity index (χ0) is 17.5. The number of hydroxylamine groups is 1. The Hall–Kier alpha value is -1.72. The highest BCUT2D eigenvalue weighted by Crippen LogP contribution is 2.34. The third kappa shape index (κ3) is 5.42. The van der Waals surface area contributed by atoms with Gasteiger partial charge in [0.2, 0.25) is 0 Å². The van der Waals surface area contributed by atoms with Crippen molar-refractivity contribution in [2.45, 2.75) is 45.6 Å². The summed E-state index contributed by atoms with van der Waals surface area (Å²) in [5.74, 6) is 0.0319. The molecule has 1 aliphatic carbocycles. The molecule has 3 N–H and O–H groups in total. The van der Waals surface area contributed by atoms with Gasteiger partial charge in [-0.25, -0.2) is 9.87 Å². The average Bonchev–Trinajstić information content (AvgIpc) is 2.53. The first kappa shape index (κ1) is 18.6. The van der Waals surface area contributed by atoms with Crippen LogP contribution in [0.1, 0.15) is 54.9 Å². The maximum Gasteiger partial charge on any atom is 0.277 e. The van der Waals surface area contributed by atoms with E-state index in [0.29, 0.717) is 6.54 Å². The summed E-state index contributed by atoms with van der Waals surface area (Å²) < 4.78 is 13.8. The number of hydrogen-bond donors (Lipinski definition) is 3. The number of allylic oxidation sites excluding steroid dienone is 1. The van der Waals surface area contributed by atoms with Crippen LogP contribution in [-0.4, -0.2) is 17.7 Å². The van der Waals surface area contributed by atoms with Gasteiger partial charge < -0.3 is 5.32 Å². The Labute approximate surface area is 143 Å². The van der Waals surface area contributed by atoms with E-state index >= 15 is 0 Å². The quantitative estimate of drug-likeness (QED) is 0.307. The van der Waals surface area contributed by atoms with Crippen molar-refractivity contribution < 1.29 is 14.4 Å². The zero-order valence-corrected chi connectivity index (χ0v) is 14.3. The summed E-state index contributed by atoms with van der Waals surface area (Å²) in [4.78, 5) is 11.2. The van der Waals surface area contributed by atoms with Crippen LogP contribution in [0.4, 0.5) is 4.39 Å². The Morgan fingerprint density at radius 1 is 1.42 bits per heavy atom. The lowest BCUT2D eigenvalue weighted by Crippen LogP contribution is -2.21. The second kappa shape index (κ2) is 8.94. The predicted molar refractivity (Wildman–Crippen MR) is 92.2 cm³/mol. The van der Waals surface area contributed by atoms with Crippen molar-refractivity contribution in [3.8, 4) is 0 Å². The van der Waals surface area contributed by atoms with Gasteiger partial charge in [0.15, 0.2) is 0 Å². The molecule has 1 fully saturated rings. The Kier molecular flexibility index (Phi) is 6.94. The fourth-order valence-electron chi connectivity index (χ4n) is 3.60. The van der Waals surface area contributed by atoms with Crippen molar-refractivity contribution in [1.82, 2.24) is 10.8 Å². The molecule has 1 saturated carbocycles. The van der Waals surface area contributed by atoms with Crippen LogP contribution < -0.4 is 10.8 Å². The van der Waals surface area contributed by atoms with Crippen LogP contribution in [0.2, 0.25) is 0 Å². The van der Waals surface area contributed by atoms with Crippen LogP contribution >= 0.6 is 0 Å². The Balaban J connectivity index is 1.70. The molecule has 0 aromatic heterocycles. The van der Waals surface area contributed by atoms with Crippen LogP contribution in [-0.2, 0) is 6.54 Å². The number of benzene rings is 1. The molecule has 2 atom stereocenters. The van der Waals surface area contributed by atoms with Crippen LogP contribution in [0.25, 0.3) is 0 Å². The van der Waals surface area contributed by atoms with Crippen molar-refractivity contribution in [3.05, 3.63) is 47.3 Å². The summed E-state index contributed by atoms with van der Waals surface area (Å²) in [5, 5.41) is 11.9. The molecular formula is C19H27FN2O2. The van der Waals surface area contributed by atoms with Crippen LogP contribution in [0, 0.1) is 17.7 Å². The number of carbonyl (C=O) groups excluding carboxylic acids is 1. The minimum atomic E-state index is -0.838. The molecule has 24 heavy (non-hydrogen) atoms. The summed E-state index contributed by atoms with van der Waals surface area (Å²) in [6, 6.07) is 4.39. The van der Waals surface area contributed by atoms with Gasteiger partial charge in [0.1, 0.15) is 5.82 Å². The molecular weight excluding hydrogens is 307 g/mol. The fourth-order valence-corrected chi connectivity index (χ4v) is 3.60. The van der Waals surface area contributed by atoms with Gasteiger partial charge in [0, 0.05) is 6.54 Å². The summed E-state index contributed by atoms with van der Waals surface area (Å²) in [7, 11) is 0. The summed E-state index contributed by atoms with van der Waals surface area (Å²) in [5.41, 5.74) is 3.44. The smallest absolute Gasteiger partial charge is 0.277 e. The minimum Gasteiger partial charge on any atom is -0.313 e. The second-order valence-corrected chi connectivity index (χ2v) is 6.94. The van der Waals surface area contributed by atoms with Gasteiger partial charge in [-0.1, -0.05) is 25.1 Å². The lowest BCUT2D eigenvalue weighted by molar-refractivity contribution is 0.0702. The molecule has 0 aliphatic heterocycles. The van der Waals surface area contributed by atoms with E-state index in [9.17, 15) is 9.18 Å². The predicted octanol–water partition coefficient (Wildman–Crippen LogP) is 3.81. The summed E-state index contributed by atoms with van der Waals surface area (Å²) >= 11 is 0. The number of carbonyl (C=O) groups is 1. The van der Waals surface area contributed by atoms with Gasteiger partial charge in [-0.3, -0.25) is 10.0 Å². The first-order valence-electron chi connectivity index (χ1n) is 8.59. The highest BCUT2D eigenvalue weighted by atomic mass is 19.1. The molecule has 132 valence electrons. The molecule has 0 spiro atoms. The number of halogens is 1. The highest BCUT2D eigenvalue weighted by Gasteiger charge is 2.20. The molecule has 5 heteroatoms. The van der Waals surface area contributed by atoms with Crippen LogP contribution in [0.3, 0.4) is 0 Å². The maximum atomic E-state index is 13.8. The van der Waals surface area contributed by atoms with Crippen molar-refractivity contribution in [1.29, 1.82) is 0 Å². The maximum absolute atomic E-state index is 13.8. The number of rotatable bonds is 7. The van der Waals surface area contributed by atoms with Gasteiger partial charge in [-0.2, -0.15) is 0 Å². The Morgan fingerprint density at radius 3 is 2.88 bits per heavy atom. The van der Waals surface area contributed by atoms with Gasteiger partial charge in [-0.15, -0.1) is 0 Å². The molecule has 0 saturated heterocycles. The number of nitrogens with one attached hydrogen (secondary N) is 2. The molecule has 2 unspecified atom stereocenters. The first-order chi connectivity index (χ1) is 11.5. The minimum absolute atomic E-state index is 0.159. The zero-order valence-electron chi connectivity index (χ0n) is 14.3. The van der Waals surface area contributed by atoms with Crippen molar-refractivity contribution in [2.24, 2.45) is 11.8 Å².